The standard InChI is InChI=1S/C24H32N6O2.CH4/c25-23(26)15-22(31)5-4-18-2-1-3-19(14-18)20-16-27-24(28-17-20)30-8-6-21(7-9-30)29-10-12-32-13-11-29;/h1-3,14,16-17,21H,4-13,15H2,(H3,25,26);1H4. The lowest BCUT2D eigenvalue weighted by Crippen LogP contribution is -2.49. The maximum Gasteiger partial charge on any atom is 0.225 e. The second-order valence-corrected chi connectivity index (χ2v) is 8.58. The molecule has 0 amide bonds. The first-order chi connectivity index (χ1) is 15.6. The Morgan fingerprint density at radius 2 is 1.79 bits per heavy atom. The molecule has 0 aliphatic carbocycles. The zero-order valence-electron chi connectivity index (χ0n) is 18.5. The van der Waals surface area contributed by atoms with Crippen LogP contribution in [0.25, 0.3) is 11.1 Å². The highest BCUT2D eigenvalue weighted by molar-refractivity contribution is 5.98. The highest BCUT2D eigenvalue weighted by atomic mass is 16.5. The summed E-state index contributed by atoms with van der Waals surface area (Å²) in [5, 5.41) is 7.24. The number of Topliss-reactive ketones (excluding diaryl/α,β-unsaturated/α-hetero) is 1. The lowest BCUT2D eigenvalue weighted by Gasteiger charge is -2.40. The number of aromatic nitrogens is 2. The molecule has 2 saturated heterocycles. The summed E-state index contributed by atoms with van der Waals surface area (Å²) in [4.78, 5) is 25.9. The Morgan fingerprint density at radius 3 is 2.45 bits per heavy atom. The number of morpholine rings is 1. The number of hydrogen-bond acceptors (Lipinski definition) is 7. The number of ether oxygens (including phenoxy) is 1. The minimum absolute atomic E-state index is 0. The van der Waals surface area contributed by atoms with Crippen LogP contribution in [-0.4, -0.2) is 71.9 Å². The number of nitrogens with one attached hydrogen (secondary N) is 1. The van der Waals surface area contributed by atoms with E-state index in [1.807, 2.05) is 30.6 Å². The molecule has 3 heterocycles. The highest BCUT2D eigenvalue weighted by Gasteiger charge is 2.26. The van der Waals surface area contributed by atoms with Crippen molar-refractivity contribution in [3.05, 3.63) is 42.2 Å². The number of hydrogen-bond donors (Lipinski definition) is 2. The van der Waals surface area contributed by atoms with Gasteiger partial charge < -0.3 is 15.4 Å². The normalized spacial score (nSPS) is 17.4. The Hall–Kier alpha value is -2.84. The van der Waals surface area contributed by atoms with Crippen molar-refractivity contribution in [2.24, 2.45) is 5.73 Å². The molecule has 0 atom stereocenters. The molecule has 0 radical (unpaired) electrons. The van der Waals surface area contributed by atoms with E-state index in [4.69, 9.17) is 15.9 Å². The Balaban J connectivity index is 0.00000306. The largest absolute Gasteiger partial charge is 0.387 e. The molecule has 178 valence electrons. The van der Waals surface area contributed by atoms with Crippen molar-refractivity contribution in [3.8, 4) is 11.1 Å². The third-order valence-electron chi connectivity index (χ3n) is 6.29. The smallest absolute Gasteiger partial charge is 0.225 e. The number of amidine groups is 1. The number of rotatable bonds is 8. The van der Waals surface area contributed by atoms with Crippen LogP contribution in [0.15, 0.2) is 36.7 Å². The molecule has 33 heavy (non-hydrogen) atoms. The summed E-state index contributed by atoms with van der Waals surface area (Å²) in [5.74, 6) is 0.708. The first-order valence-corrected chi connectivity index (χ1v) is 11.4. The molecule has 8 heteroatoms. The van der Waals surface area contributed by atoms with Gasteiger partial charge >= 0.3 is 0 Å². The summed E-state index contributed by atoms with van der Waals surface area (Å²) in [6, 6.07) is 8.75. The fourth-order valence-electron chi connectivity index (χ4n) is 4.50. The fraction of sp³-hybridized carbons (Fsp3) is 0.520. The summed E-state index contributed by atoms with van der Waals surface area (Å²) in [6.07, 6.45) is 7.09. The third kappa shape index (κ3) is 6.82. The van der Waals surface area contributed by atoms with Crippen LogP contribution >= 0.6 is 0 Å². The van der Waals surface area contributed by atoms with Crippen LogP contribution < -0.4 is 10.6 Å². The van der Waals surface area contributed by atoms with Gasteiger partial charge in [-0.3, -0.25) is 15.1 Å². The molecule has 2 aromatic rings. The zero-order valence-corrected chi connectivity index (χ0v) is 18.5. The lowest BCUT2D eigenvalue weighted by atomic mass is 10.0. The number of benzene rings is 1. The molecule has 1 aromatic carbocycles. The van der Waals surface area contributed by atoms with E-state index in [0.29, 0.717) is 18.9 Å². The van der Waals surface area contributed by atoms with E-state index < -0.39 is 0 Å². The molecular weight excluding hydrogens is 416 g/mol. The minimum atomic E-state index is -0.0775. The predicted octanol–water partition coefficient (Wildman–Crippen LogP) is 2.91. The van der Waals surface area contributed by atoms with Gasteiger partial charge in [0.15, 0.2) is 0 Å². The predicted molar refractivity (Wildman–Crippen MR) is 132 cm³/mol. The van der Waals surface area contributed by atoms with Crippen LogP contribution in [0.2, 0.25) is 0 Å². The van der Waals surface area contributed by atoms with Crippen molar-refractivity contribution < 1.29 is 9.53 Å². The number of carbonyl (C=O) groups is 1. The molecule has 2 aliphatic rings. The number of aryl methyl sites for hydroxylation is 1. The molecule has 3 N–H and O–H groups in total. The third-order valence-corrected chi connectivity index (χ3v) is 6.29. The van der Waals surface area contributed by atoms with E-state index in [1.165, 1.54) is 0 Å². The fourth-order valence-corrected chi connectivity index (χ4v) is 4.50. The molecule has 2 aliphatic heterocycles. The average molecular weight is 453 g/mol. The summed E-state index contributed by atoms with van der Waals surface area (Å²) in [6.45, 7) is 5.73. The molecule has 0 spiro atoms. The Bertz CT molecular complexity index is 919. The van der Waals surface area contributed by atoms with Gasteiger partial charge in [-0.2, -0.15) is 0 Å². The van der Waals surface area contributed by atoms with Crippen molar-refractivity contribution in [1.82, 2.24) is 14.9 Å². The van der Waals surface area contributed by atoms with Crippen molar-refractivity contribution in [1.29, 1.82) is 5.41 Å². The van der Waals surface area contributed by atoms with Gasteiger partial charge in [0.1, 0.15) is 5.78 Å². The summed E-state index contributed by atoms with van der Waals surface area (Å²) >= 11 is 0. The Morgan fingerprint density at radius 1 is 1.09 bits per heavy atom. The molecule has 1 aromatic heterocycles. The van der Waals surface area contributed by atoms with Crippen LogP contribution in [0.5, 0.6) is 0 Å². The Labute approximate surface area is 196 Å². The Kier molecular flexibility index (Phi) is 8.91. The number of ketones is 1. The number of anilines is 1. The maximum absolute atomic E-state index is 11.8. The highest BCUT2D eigenvalue weighted by Crippen LogP contribution is 2.24. The second kappa shape index (κ2) is 11.9. The van der Waals surface area contributed by atoms with Gasteiger partial charge in [0.2, 0.25) is 5.95 Å². The van der Waals surface area contributed by atoms with E-state index >= 15 is 0 Å². The molecule has 0 unspecified atom stereocenters. The molecule has 0 saturated carbocycles. The van der Waals surface area contributed by atoms with E-state index in [2.05, 4.69) is 25.8 Å². The van der Waals surface area contributed by atoms with Gasteiger partial charge in [-0.25, -0.2) is 9.97 Å². The molecule has 8 nitrogen and oxygen atoms in total. The number of piperidine rings is 1. The van der Waals surface area contributed by atoms with Gasteiger partial charge in [0.05, 0.1) is 25.5 Å². The summed E-state index contributed by atoms with van der Waals surface area (Å²) < 4.78 is 5.47. The molecule has 2 fully saturated rings. The van der Waals surface area contributed by atoms with Gasteiger partial charge in [-0.15, -0.1) is 0 Å². The van der Waals surface area contributed by atoms with Crippen LogP contribution in [0, 0.1) is 5.41 Å². The van der Waals surface area contributed by atoms with Crippen molar-refractivity contribution >= 4 is 17.6 Å². The number of nitrogens with two attached hydrogens (primary N) is 1. The van der Waals surface area contributed by atoms with Gasteiger partial charge in [0, 0.05) is 56.6 Å². The van der Waals surface area contributed by atoms with Crippen LogP contribution in [0.3, 0.4) is 0 Å². The molecule has 4 rings (SSSR count). The number of nitrogens with zero attached hydrogens (tertiary/aromatic N) is 4. The second-order valence-electron chi connectivity index (χ2n) is 8.58. The van der Waals surface area contributed by atoms with Crippen LogP contribution in [0.4, 0.5) is 5.95 Å². The minimum Gasteiger partial charge on any atom is -0.387 e. The van der Waals surface area contributed by atoms with Crippen molar-refractivity contribution in [3.63, 3.8) is 0 Å². The van der Waals surface area contributed by atoms with Gasteiger partial charge in [-0.05, 0) is 30.4 Å². The SMILES string of the molecule is C.N=C(N)CC(=O)CCc1cccc(-c2cnc(N3CCC(N4CCOCC4)CC3)nc2)c1. The average Bonchev–Trinajstić information content (AvgIpc) is 2.83. The quantitative estimate of drug-likeness (QED) is 0.468. The summed E-state index contributed by atoms with van der Waals surface area (Å²) in [5.41, 5.74) is 8.39. The monoisotopic (exact) mass is 452 g/mol. The molecule has 0 bridgehead atoms. The maximum atomic E-state index is 11.8. The first kappa shape index (κ1) is 24.8. The van der Waals surface area contributed by atoms with Crippen molar-refractivity contribution in [2.45, 2.75) is 45.6 Å². The number of carbonyl (C=O) groups excluding carboxylic acids is 1. The first-order valence-electron chi connectivity index (χ1n) is 11.4. The van der Waals surface area contributed by atoms with E-state index in [-0.39, 0.29) is 25.5 Å². The lowest BCUT2D eigenvalue weighted by molar-refractivity contribution is -0.117. The van der Waals surface area contributed by atoms with Gasteiger partial charge in [0.25, 0.3) is 0 Å². The topological polar surface area (TPSA) is 108 Å². The van der Waals surface area contributed by atoms with Crippen LogP contribution in [0.1, 0.15) is 38.7 Å². The van der Waals surface area contributed by atoms with Crippen LogP contribution in [-0.2, 0) is 16.0 Å². The van der Waals surface area contributed by atoms with E-state index in [0.717, 1.165) is 74.9 Å². The van der Waals surface area contributed by atoms with Crippen molar-refractivity contribution in [2.75, 3.05) is 44.3 Å². The van der Waals surface area contributed by atoms with Gasteiger partial charge in [-0.1, -0.05) is 31.7 Å². The van der Waals surface area contributed by atoms with E-state index in [9.17, 15) is 4.79 Å². The molecular formula is C25H36N6O2. The van der Waals surface area contributed by atoms with E-state index in [1.54, 1.807) is 0 Å². The summed E-state index contributed by atoms with van der Waals surface area (Å²) in [7, 11) is 0. The zero-order chi connectivity index (χ0) is 22.3.